The molecule has 1 saturated carbocycles. The molecular formula is C17H29NO2. The second-order valence-corrected chi connectivity index (χ2v) is 6.67. The first-order valence-corrected chi connectivity index (χ1v) is 7.94. The maximum atomic E-state index is 6.28. The average molecular weight is 279 g/mol. The number of furan rings is 1. The highest BCUT2D eigenvalue weighted by atomic mass is 16.5. The van der Waals surface area contributed by atoms with E-state index in [-0.39, 0.29) is 11.6 Å². The lowest BCUT2D eigenvalue weighted by Gasteiger charge is -2.47. The van der Waals surface area contributed by atoms with E-state index in [4.69, 9.17) is 9.15 Å². The summed E-state index contributed by atoms with van der Waals surface area (Å²) < 4.78 is 12.0. The first kappa shape index (κ1) is 15.6. The molecule has 0 amide bonds. The lowest BCUT2D eigenvalue weighted by Crippen LogP contribution is -2.49. The highest BCUT2D eigenvalue weighted by Crippen LogP contribution is 2.47. The van der Waals surface area contributed by atoms with Gasteiger partial charge < -0.3 is 14.5 Å². The van der Waals surface area contributed by atoms with Crippen LogP contribution in [0.15, 0.2) is 22.8 Å². The van der Waals surface area contributed by atoms with E-state index < -0.39 is 0 Å². The van der Waals surface area contributed by atoms with Gasteiger partial charge in [-0.3, -0.25) is 0 Å². The summed E-state index contributed by atoms with van der Waals surface area (Å²) in [6.45, 7) is 10.6. The number of hydrogen-bond donors (Lipinski definition) is 1. The number of hydrogen-bond acceptors (Lipinski definition) is 3. The van der Waals surface area contributed by atoms with Crippen LogP contribution in [0.3, 0.4) is 0 Å². The van der Waals surface area contributed by atoms with Crippen molar-refractivity contribution in [1.29, 1.82) is 0 Å². The molecule has 3 heteroatoms. The lowest BCUT2D eigenvalue weighted by atomic mass is 9.68. The zero-order chi connectivity index (χ0) is 14.6. The number of likely N-dealkylation sites (N-methyl/N-ethyl adjacent to an activating group) is 1. The molecular weight excluding hydrogens is 250 g/mol. The summed E-state index contributed by atoms with van der Waals surface area (Å²) in [5.41, 5.74) is 0.304. The third-order valence-electron chi connectivity index (χ3n) is 4.64. The van der Waals surface area contributed by atoms with Crippen LogP contribution in [0.25, 0.3) is 0 Å². The van der Waals surface area contributed by atoms with Crippen LogP contribution < -0.4 is 5.32 Å². The molecule has 1 N–H and O–H groups in total. The zero-order valence-electron chi connectivity index (χ0n) is 13.4. The van der Waals surface area contributed by atoms with Gasteiger partial charge in [-0.1, -0.05) is 20.8 Å². The van der Waals surface area contributed by atoms with Gasteiger partial charge >= 0.3 is 0 Å². The summed E-state index contributed by atoms with van der Waals surface area (Å²) in [5, 5.41) is 3.59. The Bertz CT molecular complexity index is 387. The van der Waals surface area contributed by atoms with Crippen LogP contribution in [-0.4, -0.2) is 18.8 Å². The van der Waals surface area contributed by atoms with Gasteiger partial charge in [-0.05, 0) is 56.7 Å². The Morgan fingerprint density at radius 1 is 1.25 bits per heavy atom. The Balaban J connectivity index is 2.25. The van der Waals surface area contributed by atoms with Gasteiger partial charge in [0.1, 0.15) is 5.76 Å². The van der Waals surface area contributed by atoms with Crippen LogP contribution >= 0.6 is 0 Å². The van der Waals surface area contributed by atoms with Gasteiger partial charge in [-0.25, -0.2) is 0 Å². The van der Waals surface area contributed by atoms with E-state index in [0.29, 0.717) is 5.41 Å². The van der Waals surface area contributed by atoms with Crippen molar-refractivity contribution >= 4 is 0 Å². The molecule has 0 spiro atoms. The standard InChI is InChI=1S/C17H29NO2/c1-5-18-15(14-8-7-13-19-14)17(20-6-2)11-9-16(3,4)10-12-17/h7-8,13,15,18H,5-6,9-12H2,1-4H3. The van der Waals surface area contributed by atoms with Crippen LogP contribution in [0.2, 0.25) is 0 Å². The molecule has 0 radical (unpaired) electrons. The minimum absolute atomic E-state index is 0.127. The maximum Gasteiger partial charge on any atom is 0.123 e. The SMILES string of the molecule is CCNC(c1ccco1)C1(OCC)CCC(C)(C)CC1. The third-order valence-corrected chi connectivity index (χ3v) is 4.64. The van der Waals surface area contributed by atoms with Crippen LogP contribution in [0.1, 0.15) is 65.2 Å². The Hall–Kier alpha value is -0.800. The van der Waals surface area contributed by atoms with Gasteiger partial charge in [0.25, 0.3) is 0 Å². The van der Waals surface area contributed by atoms with Crippen LogP contribution in [0.4, 0.5) is 0 Å². The fourth-order valence-electron chi connectivity index (χ4n) is 3.36. The van der Waals surface area contributed by atoms with E-state index in [1.165, 1.54) is 12.8 Å². The zero-order valence-corrected chi connectivity index (χ0v) is 13.4. The van der Waals surface area contributed by atoms with E-state index in [0.717, 1.165) is 31.8 Å². The van der Waals surface area contributed by atoms with Gasteiger partial charge in [0.15, 0.2) is 0 Å². The van der Waals surface area contributed by atoms with E-state index >= 15 is 0 Å². The third kappa shape index (κ3) is 3.26. The van der Waals surface area contributed by atoms with E-state index in [9.17, 15) is 0 Å². The van der Waals surface area contributed by atoms with Gasteiger partial charge in [0.05, 0.1) is 17.9 Å². The molecule has 3 nitrogen and oxygen atoms in total. The summed E-state index contributed by atoms with van der Waals surface area (Å²) in [6.07, 6.45) is 6.34. The summed E-state index contributed by atoms with van der Waals surface area (Å²) in [5.74, 6) is 1.00. The van der Waals surface area contributed by atoms with Crippen molar-refractivity contribution in [3.63, 3.8) is 0 Å². The normalized spacial score (nSPS) is 22.6. The predicted molar refractivity (Wildman–Crippen MR) is 81.7 cm³/mol. The number of nitrogens with one attached hydrogen (secondary N) is 1. The van der Waals surface area contributed by atoms with Gasteiger partial charge in [-0.2, -0.15) is 0 Å². The summed E-state index contributed by atoms with van der Waals surface area (Å²) in [4.78, 5) is 0. The first-order chi connectivity index (χ1) is 9.53. The minimum Gasteiger partial charge on any atom is -0.468 e. The van der Waals surface area contributed by atoms with E-state index in [2.05, 4.69) is 39.1 Å². The van der Waals surface area contributed by atoms with E-state index in [1.807, 2.05) is 6.07 Å². The van der Waals surface area contributed by atoms with E-state index in [1.54, 1.807) is 6.26 Å². The summed E-state index contributed by atoms with van der Waals surface area (Å²) in [7, 11) is 0. The molecule has 1 aromatic heterocycles. The molecule has 1 aliphatic carbocycles. The van der Waals surface area contributed by atoms with Crippen molar-refractivity contribution < 1.29 is 9.15 Å². The Morgan fingerprint density at radius 3 is 2.45 bits per heavy atom. The second-order valence-electron chi connectivity index (χ2n) is 6.67. The molecule has 1 fully saturated rings. The van der Waals surface area contributed by atoms with Crippen LogP contribution in [0, 0.1) is 5.41 Å². The molecule has 1 atom stereocenters. The quantitative estimate of drug-likeness (QED) is 0.842. The lowest BCUT2D eigenvalue weighted by molar-refractivity contribution is -0.111. The molecule has 114 valence electrons. The van der Waals surface area contributed by atoms with Gasteiger partial charge in [-0.15, -0.1) is 0 Å². The molecule has 0 bridgehead atoms. The Kier molecular flexibility index (Phi) is 4.92. The Morgan fingerprint density at radius 2 is 1.95 bits per heavy atom. The summed E-state index contributed by atoms with van der Waals surface area (Å²) >= 11 is 0. The molecule has 20 heavy (non-hydrogen) atoms. The molecule has 2 rings (SSSR count). The highest BCUT2D eigenvalue weighted by molar-refractivity contribution is 5.13. The van der Waals surface area contributed by atoms with Gasteiger partial charge in [0.2, 0.25) is 0 Å². The van der Waals surface area contributed by atoms with Crippen LogP contribution in [-0.2, 0) is 4.74 Å². The van der Waals surface area contributed by atoms with Crippen molar-refractivity contribution in [2.24, 2.45) is 5.41 Å². The minimum atomic E-state index is -0.127. The number of ether oxygens (including phenoxy) is 1. The highest BCUT2D eigenvalue weighted by Gasteiger charge is 2.46. The van der Waals surface area contributed by atoms with Crippen molar-refractivity contribution in [1.82, 2.24) is 5.32 Å². The monoisotopic (exact) mass is 279 g/mol. The first-order valence-electron chi connectivity index (χ1n) is 7.94. The predicted octanol–water partition coefficient (Wildman–Crippen LogP) is 4.31. The fraction of sp³-hybridized carbons (Fsp3) is 0.765. The molecule has 0 aliphatic heterocycles. The molecule has 1 unspecified atom stereocenters. The molecule has 1 aliphatic rings. The van der Waals surface area contributed by atoms with Crippen molar-refractivity contribution in [3.8, 4) is 0 Å². The molecule has 0 saturated heterocycles. The van der Waals surface area contributed by atoms with Crippen LogP contribution in [0.5, 0.6) is 0 Å². The largest absolute Gasteiger partial charge is 0.468 e. The van der Waals surface area contributed by atoms with Crippen molar-refractivity contribution in [2.75, 3.05) is 13.2 Å². The maximum absolute atomic E-state index is 6.28. The summed E-state index contributed by atoms with van der Waals surface area (Å²) in [6, 6.07) is 4.18. The fourth-order valence-corrected chi connectivity index (χ4v) is 3.36. The number of rotatable bonds is 6. The Labute approximate surface area is 123 Å². The topological polar surface area (TPSA) is 34.4 Å². The molecule has 1 heterocycles. The van der Waals surface area contributed by atoms with Gasteiger partial charge in [0, 0.05) is 6.61 Å². The molecule has 0 aromatic carbocycles. The van der Waals surface area contributed by atoms with Crippen molar-refractivity contribution in [3.05, 3.63) is 24.2 Å². The average Bonchev–Trinajstić information content (AvgIpc) is 2.93. The van der Waals surface area contributed by atoms with Crippen molar-refractivity contribution in [2.45, 2.75) is 65.0 Å². The molecule has 1 aromatic rings. The second kappa shape index (κ2) is 6.31. The smallest absolute Gasteiger partial charge is 0.123 e.